The van der Waals surface area contributed by atoms with Crippen LogP contribution in [0, 0.1) is 6.92 Å². The van der Waals surface area contributed by atoms with Crippen molar-refractivity contribution >= 4 is 22.7 Å². The molecule has 28 heavy (non-hydrogen) atoms. The number of benzene rings is 2. The van der Waals surface area contributed by atoms with E-state index in [0.717, 1.165) is 17.7 Å². The molecule has 0 unspecified atom stereocenters. The van der Waals surface area contributed by atoms with Crippen LogP contribution in [0.25, 0.3) is 10.9 Å². The first kappa shape index (κ1) is 20.4. The molecule has 0 aliphatic rings. The minimum Gasteiger partial charge on any atom is -0.491 e. The second kappa shape index (κ2) is 9.26. The van der Waals surface area contributed by atoms with Gasteiger partial charge in [0.15, 0.2) is 5.16 Å². The zero-order chi connectivity index (χ0) is 20.1. The van der Waals surface area contributed by atoms with E-state index in [0.29, 0.717) is 21.8 Å². The van der Waals surface area contributed by atoms with Crippen molar-refractivity contribution in [2.24, 2.45) is 0 Å². The molecule has 0 fully saturated rings. The Morgan fingerprint density at radius 2 is 2.00 bits per heavy atom. The molecule has 0 aliphatic heterocycles. The first-order chi connectivity index (χ1) is 13.5. The summed E-state index contributed by atoms with van der Waals surface area (Å²) in [5, 5.41) is 11.6. The van der Waals surface area contributed by atoms with Crippen molar-refractivity contribution in [2.45, 2.75) is 44.5 Å². The van der Waals surface area contributed by atoms with Crippen molar-refractivity contribution in [1.82, 2.24) is 9.55 Å². The van der Waals surface area contributed by atoms with E-state index >= 15 is 0 Å². The second-order valence-electron chi connectivity index (χ2n) is 6.94. The topological polar surface area (TPSA) is 64.3 Å². The third kappa shape index (κ3) is 4.75. The Morgan fingerprint density at radius 3 is 2.75 bits per heavy atom. The smallest absolute Gasteiger partial charge is 0.262 e. The van der Waals surface area contributed by atoms with Crippen molar-refractivity contribution in [3.63, 3.8) is 0 Å². The van der Waals surface area contributed by atoms with Crippen LogP contribution in [0.1, 0.15) is 31.9 Å². The lowest BCUT2D eigenvalue weighted by molar-refractivity contribution is 0.126. The highest BCUT2D eigenvalue weighted by Crippen LogP contribution is 2.23. The van der Waals surface area contributed by atoms with Crippen LogP contribution < -0.4 is 10.3 Å². The highest BCUT2D eigenvalue weighted by molar-refractivity contribution is 7.99. The molecule has 0 spiro atoms. The van der Waals surface area contributed by atoms with E-state index in [1.165, 1.54) is 11.8 Å². The van der Waals surface area contributed by atoms with Gasteiger partial charge in [0.1, 0.15) is 12.4 Å². The summed E-state index contributed by atoms with van der Waals surface area (Å²) in [7, 11) is 0. The van der Waals surface area contributed by atoms with Crippen molar-refractivity contribution < 1.29 is 9.84 Å². The Morgan fingerprint density at radius 1 is 1.21 bits per heavy atom. The molecule has 3 rings (SSSR count). The molecule has 0 bridgehead atoms. The number of aliphatic hydroxyl groups excluding tert-OH is 1. The lowest BCUT2D eigenvalue weighted by atomic mass is 10.2. The molecule has 0 aliphatic carbocycles. The molecule has 1 N–H and O–H groups in total. The molecular formula is C22H26N2O3S. The number of thioether (sulfide) groups is 1. The monoisotopic (exact) mass is 398 g/mol. The maximum absolute atomic E-state index is 13.0. The number of hydrogen-bond donors (Lipinski definition) is 1. The quantitative estimate of drug-likeness (QED) is 0.455. The van der Waals surface area contributed by atoms with Crippen molar-refractivity contribution in [1.29, 1.82) is 0 Å². The van der Waals surface area contributed by atoms with Crippen molar-refractivity contribution in [3.05, 3.63) is 64.4 Å². The number of aliphatic hydroxyl groups is 1. The molecule has 1 heterocycles. The predicted octanol–water partition coefficient (Wildman–Crippen LogP) is 4.21. The lowest BCUT2D eigenvalue weighted by Gasteiger charge is -2.19. The molecule has 0 amide bonds. The summed E-state index contributed by atoms with van der Waals surface area (Å²) >= 11 is 1.39. The van der Waals surface area contributed by atoms with Crippen LogP contribution in [-0.2, 0) is 0 Å². The minimum absolute atomic E-state index is 0.0343. The SMILES string of the molecule is CC[C@@H](C)n1c(SC[C@H](O)COc2cccc(C)c2)nc2ccccc2c1=O. The normalized spacial score (nSPS) is 13.4. The molecule has 2 atom stereocenters. The maximum Gasteiger partial charge on any atom is 0.262 e. The largest absolute Gasteiger partial charge is 0.491 e. The van der Waals surface area contributed by atoms with Crippen LogP contribution in [0.4, 0.5) is 0 Å². The van der Waals surface area contributed by atoms with Crippen molar-refractivity contribution in [3.8, 4) is 5.75 Å². The summed E-state index contributed by atoms with van der Waals surface area (Å²) in [4.78, 5) is 17.6. The van der Waals surface area contributed by atoms with Gasteiger partial charge < -0.3 is 9.84 Å². The molecular weight excluding hydrogens is 372 g/mol. The zero-order valence-corrected chi connectivity index (χ0v) is 17.3. The average molecular weight is 399 g/mol. The minimum atomic E-state index is -0.667. The molecule has 0 saturated heterocycles. The van der Waals surface area contributed by atoms with Crippen LogP contribution in [0.3, 0.4) is 0 Å². The van der Waals surface area contributed by atoms with E-state index in [9.17, 15) is 9.90 Å². The van der Waals surface area contributed by atoms with Gasteiger partial charge >= 0.3 is 0 Å². The Bertz CT molecular complexity index is 1000. The van der Waals surface area contributed by atoms with Crippen molar-refractivity contribution in [2.75, 3.05) is 12.4 Å². The van der Waals surface area contributed by atoms with Crippen LogP contribution in [-0.4, -0.2) is 33.1 Å². The third-order valence-electron chi connectivity index (χ3n) is 4.64. The van der Waals surface area contributed by atoms with E-state index < -0.39 is 6.10 Å². The standard InChI is InChI=1S/C22H26N2O3S/c1-4-16(3)24-21(26)19-10-5-6-11-20(19)23-22(24)28-14-17(25)13-27-18-9-7-8-15(2)12-18/h5-12,16-17,25H,4,13-14H2,1-3H3/t16-,17-/m1/s1. The van der Waals surface area contributed by atoms with E-state index in [2.05, 4.69) is 4.98 Å². The number of hydrogen-bond acceptors (Lipinski definition) is 5. The number of rotatable bonds is 8. The highest BCUT2D eigenvalue weighted by Gasteiger charge is 2.17. The molecule has 2 aromatic carbocycles. The second-order valence-corrected chi connectivity index (χ2v) is 7.92. The number of ether oxygens (including phenoxy) is 1. The molecule has 1 aromatic heterocycles. The number of aryl methyl sites for hydroxylation is 1. The van der Waals surface area contributed by atoms with E-state index in [-0.39, 0.29) is 18.2 Å². The van der Waals surface area contributed by atoms with Gasteiger partial charge in [-0.15, -0.1) is 0 Å². The van der Waals surface area contributed by atoms with Crippen LogP contribution in [0.15, 0.2) is 58.5 Å². The predicted molar refractivity (Wildman–Crippen MR) is 114 cm³/mol. The molecule has 148 valence electrons. The molecule has 6 heteroatoms. The highest BCUT2D eigenvalue weighted by atomic mass is 32.2. The third-order valence-corrected chi connectivity index (χ3v) is 5.74. The van der Waals surface area contributed by atoms with Gasteiger partial charge in [0.05, 0.1) is 17.0 Å². The summed E-state index contributed by atoms with van der Waals surface area (Å²) in [5.74, 6) is 1.14. The summed E-state index contributed by atoms with van der Waals surface area (Å²) in [6.45, 7) is 6.25. The molecule has 3 aromatic rings. The van der Waals surface area contributed by atoms with E-state index in [4.69, 9.17) is 4.74 Å². The zero-order valence-electron chi connectivity index (χ0n) is 16.5. The van der Waals surface area contributed by atoms with Gasteiger partial charge in [-0.1, -0.05) is 43.0 Å². The van der Waals surface area contributed by atoms with Gasteiger partial charge in [0.2, 0.25) is 0 Å². The van der Waals surface area contributed by atoms with Gasteiger partial charge in [-0.2, -0.15) is 0 Å². The lowest BCUT2D eigenvalue weighted by Crippen LogP contribution is -2.27. The summed E-state index contributed by atoms with van der Waals surface area (Å²) < 4.78 is 7.41. The molecule has 0 saturated carbocycles. The van der Waals surface area contributed by atoms with Gasteiger partial charge in [0.25, 0.3) is 5.56 Å². The maximum atomic E-state index is 13.0. The first-order valence-electron chi connectivity index (χ1n) is 9.51. The average Bonchev–Trinajstić information content (AvgIpc) is 2.70. The van der Waals surface area contributed by atoms with E-state index in [1.807, 2.05) is 69.3 Å². The Labute approximate surface area is 169 Å². The number of aromatic nitrogens is 2. The fourth-order valence-corrected chi connectivity index (χ4v) is 3.92. The first-order valence-corrected chi connectivity index (χ1v) is 10.5. The van der Waals surface area contributed by atoms with Gasteiger partial charge in [0, 0.05) is 11.8 Å². The molecule has 0 radical (unpaired) electrons. The van der Waals surface area contributed by atoms with Gasteiger partial charge in [-0.05, 0) is 50.1 Å². The molecule has 5 nitrogen and oxygen atoms in total. The van der Waals surface area contributed by atoms with E-state index in [1.54, 1.807) is 4.57 Å². The Kier molecular flexibility index (Phi) is 6.75. The van der Waals surface area contributed by atoms with Crippen LogP contribution in [0.2, 0.25) is 0 Å². The number of fused-ring (bicyclic) bond motifs is 1. The van der Waals surface area contributed by atoms with Crippen LogP contribution >= 0.6 is 11.8 Å². The summed E-state index contributed by atoms with van der Waals surface area (Å²) in [5.41, 5.74) is 1.76. The number of para-hydroxylation sites is 1. The van der Waals surface area contributed by atoms with Gasteiger partial charge in [-0.25, -0.2) is 4.98 Å². The van der Waals surface area contributed by atoms with Gasteiger partial charge in [-0.3, -0.25) is 9.36 Å². The fourth-order valence-electron chi connectivity index (χ4n) is 2.92. The fraction of sp³-hybridized carbons (Fsp3) is 0.364. The Balaban J connectivity index is 1.74. The Hall–Kier alpha value is -2.31. The summed E-state index contributed by atoms with van der Waals surface area (Å²) in [6, 6.07) is 15.2. The number of nitrogens with zero attached hydrogens (tertiary/aromatic N) is 2. The summed E-state index contributed by atoms with van der Waals surface area (Å²) in [6.07, 6.45) is 0.159. The van der Waals surface area contributed by atoms with Crippen LogP contribution in [0.5, 0.6) is 5.75 Å².